The molecule has 3 rings (SSSR count). The number of sulfonamides is 1. The Labute approximate surface area is 130 Å². The van der Waals surface area contributed by atoms with Crippen molar-refractivity contribution in [2.24, 2.45) is 11.8 Å². The van der Waals surface area contributed by atoms with Crippen molar-refractivity contribution in [1.29, 1.82) is 0 Å². The van der Waals surface area contributed by atoms with Gasteiger partial charge in [0.05, 0.1) is 11.7 Å². The largest absolute Gasteiger partial charge is 0.274 e. The van der Waals surface area contributed by atoms with Crippen molar-refractivity contribution in [3.63, 3.8) is 0 Å². The number of carbonyl (C=O) groups is 1. The summed E-state index contributed by atoms with van der Waals surface area (Å²) in [6.45, 7) is 1.80. The van der Waals surface area contributed by atoms with Crippen LogP contribution in [-0.2, 0) is 21.2 Å². The topological polar surface area (TPSA) is 63.2 Å². The molecule has 0 aromatic heterocycles. The summed E-state index contributed by atoms with van der Waals surface area (Å²) in [4.78, 5) is 12.0. The molecule has 0 saturated heterocycles. The Bertz CT molecular complexity index is 701. The average molecular weight is 325 g/mol. The number of halogens is 1. The summed E-state index contributed by atoms with van der Waals surface area (Å²) in [5, 5.41) is -0.461. The van der Waals surface area contributed by atoms with E-state index in [1.165, 1.54) is 6.07 Å². The summed E-state index contributed by atoms with van der Waals surface area (Å²) in [6, 6.07) is 4.48. The Morgan fingerprint density at radius 3 is 2.73 bits per heavy atom. The number of amides is 1. The number of aryl methyl sites for hydroxylation is 1. The van der Waals surface area contributed by atoms with Crippen molar-refractivity contribution < 1.29 is 17.6 Å². The summed E-state index contributed by atoms with van der Waals surface area (Å²) in [6.07, 6.45) is 3.36. The molecule has 0 aliphatic heterocycles. The van der Waals surface area contributed by atoms with E-state index in [2.05, 4.69) is 4.72 Å². The van der Waals surface area contributed by atoms with Crippen LogP contribution in [0.2, 0.25) is 0 Å². The molecule has 1 amide bonds. The van der Waals surface area contributed by atoms with E-state index in [-0.39, 0.29) is 17.9 Å². The van der Waals surface area contributed by atoms with Crippen molar-refractivity contribution in [1.82, 2.24) is 4.72 Å². The van der Waals surface area contributed by atoms with Gasteiger partial charge in [-0.05, 0) is 49.7 Å². The minimum absolute atomic E-state index is 0.172. The summed E-state index contributed by atoms with van der Waals surface area (Å²) in [7, 11) is -3.66. The lowest BCUT2D eigenvalue weighted by atomic mass is 10.0. The van der Waals surface area contributed by atoms with E-state index in [4.69, 9.17) is 0 Å². The molecule has 2 bridgehead atoms. The summed E-state index contributed by atoms with van der Waals surface area (Å²) in [5.41, 5.74) is 1.06. The van der Waals surface area contributed by atoms with Gasteiger partial charge in [0.1, 0.15) is 5.82 Å². The molecule has 120 valence electrons. The molecule has 3 atom stereocenters. The quantitative estimate of drug-likeness (QED) is 0.924. The average Bonchev–Trinajstić information content (AvgIpc) is 3.05. The maximum atomic E-state index is 13.7. The van der Waals surface area contributed by atoms with Crippen molar-refractivity contribution in [3.8, 4) is 0 Å². The van der Waals surface area contributed by atoms with Crippen molar-refractivity contribution >= 4 is 15.9 Å². The van der Waals surface area contributed by atoms with Crippen LogP contribution in [0.1, 0.15) is 36.8 Å². The van der Waals surface area contributed by atoms with Gasteiger partial charge in [-0.1, -0.05) is 24.1 Å². The second-order valence-electron chi connectivity index (χ2n) is 6.56. The van der Waals surface area contributed by atoms with Gasteiger partial charge in [-0.2, -0.15) is 0 Å². The molecule has 1 aromatic rings. The van der Waals surface area contributed by atoms with E-state index in [1.54, 1.807) is 19.1 Å². The molecule has 1 unspecified atom stereocenters. The van der Waals surface area contributed by atoms with Crippen LogP contribution in [0.5, 0.6) is 0 Å². The van der Waals surface area contributed by atoms with Gasteiger partial charge in [-0.3, -0.25) is 9.52 Å². The van der Waals surface area contributed by atoms with Crippen LogP contribution in [0.15, 0.2) is 18.2 Å². The van der Waals surface area contributed by atoms with Gasteiger partial charge < -0.3 is 0 Å². The van der Waals surface area contributed by atoms with E-state index < -0.39 is 27.0 Å². The van der Waals surface area contributed by atoms with Gasteiger partial charge in [-0.25, -0.2) is 12.8 Å². The van der Waals surface area contributed by atoms with Gasteiger partial charge in [0, 0.05) is 0 Å². The number of carbonyl (C=O) groups excluding carboxylic acids is 1. The second kappa shape index (κ2) is 5.65. The zero-order valence-electron chi connectivity index (χ0n) is 12.5. The minimum atomic E-state index is -3.66. The summed E-state index contributed by atoms with van der Waals surface area (Å²) < 4.78 is 40.5. The highest BCUT2D eigenvalue weighted by molar-refractivity contribution is 7.90. The molecule has 22 heavy (non-hydrogen) atoms. The maximum Gasteiger partial charge on any atom is 0.238 e. The Kier molecular flexibility index (Phi) is 3.97. The Morgan fingerprint density at radius 2 is 2.09 bits per heavy atom. The molecule has 2 saturated carbocycles. The predicted molar refractivity (Wildman–Crippen MR) is 81.1 cm³/mol. The third kappa shape index (κ3) is 3.02. The van der Waals surface area contributed by atoms with Gasteiger partial charge >= 0.3 is 0 Å². The third-order valence-corrected chi connectivity index (χ3v) is 6.77. The lowest BCUT2D eigenvalue weighted by molar-refractivity contribution is -0.118. The number of fused-ring (bicyclic) bond motifs is 2. The minimum Gasteiger partial charge on any atom is -0.274 e. The Balaban J connectivity index is 1.67. The van der Waals surface area contributed by atoms with Crippen molar-refractivity contribution in [2.45, 2.75) is 44.3 Å². The number of rotatable bonds is 4. The Morgan fingerprint density at radius 1 is 1.32 bits per heavy atom. The first-order valence-corrected chi connectivity index (χ1v) is 9.19. The van der Waals surface area contributed by atoms with Gasteiger partial charge in [-0.15, -0.1) is 0 Å². The number of hydrogen-bond acceptors (Lipinski definition) is 3. The molecule has 0 spiro atoms. The fourth-order valence-electron chi connectivity index (χ4n) is 3.85. The van der Waals surface area contributed by atoms with Gasteiger partial charge in [0.25, 0.3) is 0 Å². The van der Waals surface area contributed by atoms with Crippen LogP contribution in [0, 0.1) is 24.6 Å². The highest BCUT2D eigenvalue weighted by Gasteiger charge is 2.46. The monoisotopic (exact) mass is 325 g/mol. The fourth-order valence-corrected chi connectivity index (χ4v) is 5.67. The van der Waals surface area contributed by atoms with Crippen LogP contribution < -0.4 is 4.72 Å². The molecule has 1 N–H and O–H groups in total. The lowest BCUT2D eigenvalue weighted by Crippen LogP contribution is -2.41. The molecule has 0 radical (unpaired) electrons. The first-order chi connectivity index (χ1) is 10.3. The van der Waals surface area contributed by atoms with E-state index in [0.29, 0.717) is 12.3 Å². The Hall–Kier alpha value is -1.43. The van der Waals surface area contributed by atoms with Gasteiger partial charge in [0.2, 0.25) is 15.9 Å². The molecule has 1 aromatic carbocycles. The van der Waals surface area contributed by atoms with Crippen LogP contribution in [-0.4, -0.2) is 19.6 Å². The highest BCUT2D eigenvalue weighted by Crippen LogP contribution is 2.47. The van der Waals surface area contributed by atoms with E-state index in [1.807, 2.05) is 0 Å². The van der Waals surface area contributed by atoms with E-state index in [0.717, 1.165) is 24.8 Å². The first kappa shape index (κ1) is 15.5. The number of nitrogens with one attached hydrogen (secondary N) is 1. The van der Waals surface area contributed by atoms with Crippen LogP contribution in [0.25, 0.3) is 0 Å². The van der Waals surface area contributed by atoms with Crippen molar-refractivity contribution in [2.75, 3.05) is 0 Å². The van der Waals surface area contributed by atoms with E-state index in [9.17, 15) is 17.6 Å². The van der Waals surface area contributed by atoms with E-state index >= 15 is 0 Å². The predicted octanol–water partition coefficient (Wildman–Crippen LogP) is 2.31. The van der Waals surface area contributed by atoms with Crippen LogP contribution in [0.4, 0.5) is 4.39 Å². The number of hydrogen-bond donors (Lipinski definition) is 1. The lowest BCUT2D eigenvalue weighted by Gasteiger charge is -2.21. The second-order valence-corrected chi connectivity index (χ2v) is 8.45. The van der Waals surface area contributed by atoms with Crippen molar-refractivity contribution in [3.05, 3.63) is 35.1 Å². The smallest absolute Gasteiger partial charge is 0.238 e. The molecule has 4 nitrogen and oxygen atoms in total. The number of benzene rings is 1. The van der Waals surface area contributed by atoms with Crippen LogP contribution >= 0.6 is 0 Å². The highest BCUT2D eigenvalue weighted by atomic mass is 32.2. The zero-order chi connectivity index (χ0) is 15.9. The molecule has 2 aliphatic carbocycles. The zero-order valence-corrected chi connectivity index (χ0v) is 13.3. The summed E-state index contributed by atoms with van der Waals surface area (Å²) in [5.74, 6) is -0.493. The summed E-state index contributed by atoms with van der Waals surface area (Å²) >= 11 is 0. The molecule has 0 heterocycles. The van der Waals surface area contributed by atoms with Gasteiger partial charge in [0.15, 0.2) is 0 Å². The standard InChI is InChI=1S/C16H20FNO3S/c1-10-2-5-14(17)13(6-10)9-16(19)18-22(20,21)15-8-11-3-4-12(15)7-11/h2,5-6,11-12,15H,3-4,7-9H2,1H3,(H,18,19)/t11-,12+,15?/m1/s1. The SMILES string of the molecule is Cc1ccc(F)c(CC(=O)NS(=O)(=O)C2C[C@@H]3CC[C@H]2C3)c1. The molecular weight excluding hydrogens is 305 g/mol. The fraction of sp³-hybridized carbons (Fsp3) is 0.562. The maximum absolute atomic E-state index is 13.7. The third-order valence-electron chi connectivity index (χ3n) is 4.88. The van der Waals surface area contributed by atoms with Crippen LogP contribution in [0.3, 0.4) is 0 Å². The molecule has 2 fully saturated rings. The molecule has 6 heteroatoms. The molecule has 2 aliphatic rings. The normalized spacial score (nSPS) is 27.1. The molecular formula is C16H20FNO3S. The first-order valence-electron chi connectivity index (χ1n) is 7.64.